The van der Waals surface area contributed by atoms with Crippen LogP contribution in [-0.2, 0) is 4.74 Å². The Bertz CT molecular complexity index is 724. The van der Waals surface area contributed by atoms with E-state index in [0.717, 1.165) is 50.3 Å². The highest BCUT2D eigenvalue weighted by Gasteiger charge is 2.22. The van der Waals surface area contributed by atoms with Gasteiger partial charge in [-0.2, -0.15) is 0 Å². The van der Waals surface area contributed by atoms with Gasteiger partial charge in [-0.1, -0.05) is 25.5 Å². The van der Waals surface area contributed by atoms with Crippen LogP contribution in [0.1, 0.15) is 45.4 Å². The fraction of sp³-hybridized carbons (Fsp3) is 0.478. The summed E-state index contributed by atoms with van der Waals surface area (Å²) in [6, 6.07) is 12.4. The number of hydrogen-bond acceptors (Lipinski definition) is 2. The van der Waals surface area contributed by atoms with Gasteiger partial charge in [-0.25, -0.2) is 8.78 Å². The zero-order valence-corrected chi connectivity index (χ0v) is 15.8. The van der Waals surface area contributed by atoms with Crippen LogP contribution in [0, 0.1) is 23.6 Å². The summed E-state index contributed by atoms with van der Waals surface area (Å²) < 4.78 is 38.4. The Morgan fingerprint density at radius 1 is 1.00 bits per heavy atom. The predicted molar refractivity (Wildman–Crippen MR) is 103 cm³/mol. The fourth-order valence-electron chi connectivity index (χ4n) is 3.45. The molecule has 1 saturated carbocycles. The average molecular weight is 373 g/mol. The monoisotopic (exact) mass is 373 g/mol. The molecule has 0 aliphatic heterocycles. The second kappa shape index (κ2) is 9.84. The van der Waals surface area contributed by atoms with Crippen LogP contribution in [0.2, 0.25) is 0 Å². The highest BCUT2D eigenvalue weighted by Crippen LogP contribution is 2.29. The number of ether oxygens (including phenoxy) is 2. The van der Waals surface area contributed by atoms with Gasteiger partial charge in [0.2, 0.25) is 0 Å². The van der Waals surface area contributed by atoms with Crippen molar-refractivity contribution in [3.63, 3.8) is 0 Å². The van der Waals surface area contributed by atoms with Crippen molar-refractivity contribution >= 4 is 0 Å². The van der Waals surface area contributed by atoms with E-state index in [1.807, 2.05) is 12.1 Å². The summed E-state index contributed by atoms with van der Waals surface area (Å²) in [6.07, 6.45) is 7.11. The zero-order chi connectivity index (χ0) is 19.1. The molecule has 4 heteroatoms. The Labute approximate surface area is 160 Å². The van der Waals surface area contributed by atoms with Gasteiger partial charge in [-0.3, -0.25) is 0 Å². The Morgan fingerprint density at radius 3 is 2.52 bits per heavy atom. The first kappa shape index (κ1) is 19.8. The summed E-state index contributed by atoms with van der Waals surface area (Å²) in [5.41, 5.74) is 1.41. The van der Waals surface area contributed by atoms with E-state index in [4.69, 9.17) is 9.47 Å². The third-order valence-corrected chi connectivity index (χ3v) is 5.15. The van der Waals surface area contributed by atoms with Crippen molar-refractivity contribution in [3.8, 4) is 16.9 Å². The maximum atomic E-state index is 13.5. The quantitative estimate of drug-likeness (QED) is 0.514. The molecule has 3 rings (SSSR count). The highest BCUT2D eigenvalue weighted by molar-refractivity contribution is 5.64. The molecule has 1 radical (unpaired) electrons. The SMILES string of the molecule is CCCCOC1CCC(COc2[c]ccc(-c3ccc(F)c(F)c3)c2)CC1. The molecule has 1 fully saturated rings. The van der Waals surface area contributed by atoms with E-state index in [9.17, 15) is 8.78 Å². The van der Waals surface area contributed by atoms with E-state index < -0.39 is 11.6 Å². The molecule has 2 aromatic rings. The van der Waals surface area contributed by atoms with E-state index in [0.29, 0.717) is 29.9 Å². The van der Waals surface area contributed by atoms with E-state index in [2.05, 4.69) is 13.0 Å². The largest absolute Gasteiger partial charge is 0.493 e. The van der Waals surface area contributed by atoms with Crippen molar-refractivity contribution in [2.24, 2.45) is 5.92 Å². The third-order valence-electron chi connectivity index (χ3n) is 5.15. The van der Waals surface area contributed by atoms with Crippen LogP contribution in [0.3, 0.4) is 0 Å². The van der Waals surface area contributed by atoms with Gasteiger partial charge in [0.25, 0.3) is 0 Å². The normalized spacial score (nSPS) is 19.8. The molecular formula is C23H27F2O2. The van der Waals surface area contributed by atoms with Crippen LogP contribution >= 0.6 is 0 Å². The molecule has 0 spiro atoms. The lowest BCUT2D eigenvalue weighted by Gasteiger charge is -2.28. The Balaban J connectivity index is 1.50. The molecule has 0 bridgehead atoms. The Morgan fingerprint density at radius 2 is 1.78 bits per heavy atom. The number of benzene rings is 2. The summed E-state index contributed by atoms with van der Waals surface area (Å²) in [4.78, 5) is 0. The summed E-state index contributed by atoms with van der Waals surface area (Å²) in [5.74, 6) is -0.525. The van der Waals surface area contributed by atoms with Crippen molar-refractivity contribution in [1.29, 1.82) is 0 Å². The van der Waals surface area contributed by atoms with Gasteiger partial charge in [0.1, 0.15) is 5.75 Å². The molecule has 145 valence electrons. The molecule has 1 aliphatic rings. The number of hydrogen-bond donors (Lipinski definition) is 0. The van der Waals surface area contributed by atoms with Gasteiger partial charge >= 0.3 is 0 Å². The van der Waals surface area contributed by atoms with Crippen molar-refractivity contribution in [2.45, 2.75) is 51.6 Å². The van der Waals surface area contributed by atoms with Crippen LogP contribution in [0.25, 0.3) is 11.1 Å². The van der Waals surface area contributed by atoms with Crippen LogP contribution in [-0.4, -0.2) is 19.3 Å². The molecule has 2 aromatic carbocycles. The minimum absolute atomic E-state index is 0.399. The molecule has 0 heterocycles. The van der Waals surface area contributed by atoms with Crippen LogP contribution < -0.4 is 4.74 Å². The number of rotatable bonds is 8. The van der Waals surface area contributed by atoms with Crippen LogP contribution in [0.15, 0.2) is 36.4 Å². The van der Waals surface area contributed by atoms with Crippen molar-refractivity contribution in [1.82, 2.24) is 0 Å². The van der Waals surface area contributed by atoms with Crippen molar-refractivity contribution in [3.05, 3.63) is 54.1 Å². The number of halogens is 2. The first-order valence-corrected chi connectivity index (χ1v) is 9.87. The second-order valence-corrected chi connectivity index (χ2v) is 7.25. The molecule has 0 atom stereocenters. The van der Waals surface area contributed by atoms with E-state index >= 15 is 0 Å². The first-order chi connectivity index (χ1) is 13.2. The minimum atomic E-state index is -0.847. The van der Waals surface area contributed by atoms with E-state index in [-0.39, 0.29) is 0 Å². The average Bonchev–Trinajstić information content (AvgIpc) is 2.70. The van der Waals surface area contributed by atoms with Crippen molar-refractivity contribution in [2.75, 3.05) is 13.2 Å². The summed E-state index contributed by atoms with van der Waals surface area (Å²) in [7, 11) is 0. The van der Waals surface area contributed by atoms with E-state index in [1.54, 1.807) is 12.1 Å². The predicted octanol–water partition coefficient (Wildman–Crippen LogP) is 6.19. The van der Waals surface area contributed by atoms with Crippen LogP contribution in [0.4, 0.5) is 8.78 Å². The molecule has 2 nitrogen and oxygen atoms in total. The maximum Gasteiger partial charge on any atom is 0.159 e. The third kappa shape index (κ3) is 5.77. The Kier molecular flexibility index (Phi) is 7.22. The fourth-order valence-corrected chi connectivity index (χ4v) is 3.45. The molecular weight excluding hydrogens is 346 g/mol. The molecule has 27 heavy (non-hydrogen) atoms. The van der Waals surface area contributed by atoms with Gasteiger partial charge in [-0.15, -0.1) is 0 Å². The number of unbranched alkanes of at least 4 members (excludes halogenated alkanes) is 1. The first-order valence-electron chi connectivity index (χ1n) is 9.87. The molecule has 0 amide bonds. The smallest absolute Gasteiger partial charge is 0.159 e. The van der Waals surface area contributed by atoms with Crippen LogP contribution in [0.5, 0.6) is 5.75 Å². The minimum Gasteiger partial charge on any atom is -0.493 e. The summed E-state index contributed by atoms with van der Waals surface area (Å²) in [5, 5.41) is 0. The van der Waals surface area contributed by atoms with Gasteiger partial charge in [0.05, 0.1) is 12.7 Å². The molecule has 0 aromatic heterocycles. The zero-order valence-electron chi connectivity index (χ0n) is 15.8. The highest BCUT2D eigenvalue weighted by atomic mass is 19.2. The van der Waals surface area contributed by atoms with Gasteiger partial charge in [0, 0.05) is 12.7 Å². The molecule has 0 N–H and O–H groups in total. The Hall–Kier alpha value is -1.94. The lowest BCUT2D eigenvalue weighted by molar-refractivity contribution is 0.0116. The topological polar surface area (TPSA) is 18.5 Å². The lowest BCUT2D eigenvalue weighted by Crippen LogP contribution is -2.25. The second-order valence-electron chi connectivity index (χ2n) is 7.25. The van der Waals surface area contributed by atoms with E-state index in [1.165, 1.54) is 12.5 Å². The van der Waals surface area contributed by atoms with Gasteiger partial charge < -0.3 is 9.47 Å². The van der Waals surface area contributed by atoms with Gasteiger partial charge in [0.15, 0.2) is 11.6 Å². The lowest BCUT2D eigenvalue weighted by atomic mass is 9.88. The summed E-state index contributed by atoms with van der Waals surface area (Å²) in [6.45, 7) is 3.70. The molecule has 1 aliphatic carbocycles. The van der Waals surface area contributed by atoms with Gasteiger partial charge in [-0.05, 0) is 73.4 Å². The maximum absolute atomic E-state index is 13.5. The standard InChI is InChI=1S/C23H27F2O2/c1-2-3-13-26-20-10-7-17(8-11-20)16-27-21-6-4-5-18(14-21)19-9-12-22(24)23(25)15-19/h4-5,9,12,14-15,17,20H,2-3,7-8,10-11,13,16H2,1H3. The van der Waals surface area contributed by atoms with Crippen molar-refractivity contribution < 1.29 is 18.3 Å². The molecule has 0 saturated heterocycles. The molecule has 0 unspecified atom stereocenters. The summed E-state index contributed by atoms with van der Waals surface area (Å²) >= 11 is 0.